The molecule has 3 rings (SSSR count). The van der Waals surface area contributed by atoms with Crippen LogP contribution in [-0.4, -0.2) is 42.9 Å². The number of pyridine rings is 1. The Hall–Kier alpha value is -3.70. The second-order valence-electron chi connectivity index (χ2n) is 7.96. The van der Waals surface area contributed by atoms with Crippen molar-refractivity contribution in [3.05, 3.63) is 70.0 Å². The Kier molecular flexibility index (Phi) is 7.46. The molecule has 1 atom stereocenters. The molecule has 0 aliphatic rings. The molecular formula is C25H28N6OS. The SMILES string of the molecule is CCC(CN(C)c1ncccc1C)(N=C(N)N(C)C=O)c1cc(-c2cccc(C#N)c2)cs1. The van der Waals surface area contributed by atoms with Gasteiger partial charge in [-0.3, -0.25) is 9.69 Å². The van der Waals surface area contributed by atoms with Crippen molar-refractivity contribution >= 4 is 29.5 Å². The number of carbonyl (C=O) groups excluding carboxylic acids is 1. The number of aliphatic imine (C=N–C) groups is 1. The van der Waals surface area contributed by atoms with E-state index in [0.717, 1.165) is 27.4 Å². The summed E-state index contributed by atoms with van der Waals surface area (Å²) in [5.74, 6) is 1.02. The van der Waals surface area contributed by atoms with Crippen molar-refractivity contribution in [3.8, 4) is 17.2 Å². The molecule has 0 spiro atoms. The molecule has 0 saturated heterocycles. The molecule has 0 bridgehead atoms. The zero-order chi connectivity index (χ0) is 24.0. The summed E-state index contributed by atoms with van der Waals surface area (Å²) in [5, 5.41) is 11.3. The van der Waals surface area contributed by atoms with Gasteiger partial charge < -0.3 is 10.6 Å². The van der Waals surface area contributed by atoms with E-state index in [2.05, 4.69) is 34.3 Å². The fourth-order valence-corrected chi connectivity index (χ4v) is 4.86. The van der Waals surface area contributed by atoms with Gasteiger partial charge in [-0.15, -0.1) is 11.3 Å². The number of nitrogens with two attached hydrogens (primary N) is 1. The largest absolute Gasteiger partial charge is 0.369 e. The van der Waals surface area contributed by atoms with Crippen LogP contribution in [0.1, 0.15) is 29.3 Å². The van der Waals surface area contributed by atoms with E-state index in [4.69, 9.17) is 10.7 Å². The molecule has 8 heteroatoms. The Morgan fingerprint density at radius 1 is 1.27 bits per heavy atom. The number of aromatic nitrogens is 1. The van der Waals surface area contributed by atoms with E-state index in [1.54, 1.807) is 30.6 Å². The lowest BCUT2D eigenvalue weighted by Gasteiger charge is -2.34. The highest BCUT2D eigenvalue weighted by Crippen LogP contribution is 2.39. The van der Waals surface area contributed by atoms with Crippen molar-refractivity contribution in [2.75, 3.05) is 25.5 Å². The number of carbonyl (C=O) groups is 1. The number of likely N-dealkylation sites (N-methyl/N-ethyl adjacent to an activating group) is 1. The number of thiophene rings is 1. The van der Waals surface area contributed by atoms with Crippen LogP contribution < -0.4 is 10.6 Å². The standard InChI is InChI=1S/C25H28N6OS/c1-5-25(29-24(27)31(4)17-32,16-30(3)23-18(2)8-7-11-28-23)22-13-21(15-33-22)20-10-6-9-19(12-20)14-26/h6-13,15,17H,5,16H2,1-4H3,(H2,27,29). The lowest BCUT2D eigenvalue weighted by atomic mass is 9.92. The smallest absolute Gasteiger partial charge is 0.216 e. The lowest BCUT2D eigenvalue weighted by molar-refractivity contribution is -0.114. The van der Waals surface area contributed by atoms with Crippen molar-refractivity contribution in [3.63, 3.8) is 0 Å². The monoisotopic (exact) mass is 460 g/mol. The summed E-state index contributed by atoms with van der Waals surface area (Å²) in [6.07, 6.45) is 3.09. The molecule has 1 unspecified atom stereocenters. The number of guanidine groups is 1. The van der Waals surface area contributed by atoms with E-state index >= 15 is 0 Å². The minimum absolute atomic E-state index is 0.152. The van der Waals surface area contributed by atoms with Gasteiger partial charge in [-0.05, 0) is 59.7 Å². The highest BCUT2D eigenvalue weighted by Gasteiger charge is 2.35. The molecule has 0 aliphatic heterocycles. The van der Waals surface area contributed by atoms with Crippen LogP contribution in [0.3, 0.4) is 0 Å². The molecule has 170 valence electrons. The first-order valence-electron chi connectivity index (χ1n) is 10.6. The zero-order valence-corrected chi connectivity index (χ0v) is 20.1. The molecule has 2 N–H and O–H groups in total. The third-order valence-corrected chi connectivity index (χ3v) is 6.78. The molecule has 3 aromatic rings. The molecule has 0 fully saturated rings. The summed E-state index contributed by atoms with van der Waals surface area (Å²) >= 11 is 1.59. The van der Waals surface area contributed by atoms with Crippen LogP contribution in [0.15, 0.2) is 59.0 Å². The predicted octanol–water partition coefficient (Wildman–Crippen LogP) is 4.13. The summed E-state index contributed by atoms with van der Waals surface area (Å²) in [6.45, 7) is 4.61. The Labute approximate surface area is 198 Å². The molecule has 2 aromatic heterocycles. The minimum Gasteiger partial charge on any atom is -0.369 e. The highest BCUT2D eigenvalue weighted by molar-refractivity contribution is 7.10. The van der Waals surface area contributed by atoms with Gasteiger partial charge >= 0.3 is 0 Å². The molecule has 2 heterocycles. The van der Waals surface area contributed by atoms with Gasteiger partial charge in [0.05, 0.1) is 11.6 Å². The second kappa shape index (κ2) is 10.3. The normalized spacial score (nSPS) is 13.1. The quantitative estimate of drug-likeness (QED) is 0.309. The summed E-state index contributed by atoms with van der Waals surface area (Å²) in [4.78, 5) is 25.1. The van der Waals surface area contributed by atoms with Crippen molar-refractivity contribution in [2.45, 2.75) is 25.8 Å². The summed E-state index contributed by atoms with van der Waals surface area (Å²) in [5.41, 5.74) is 9.17. The third kappa shape index (κ3) is 5.21. The van der Waals surface area contributed by atoms with Gasteiger partial charge in [-0.25, -0.2) is 9.98 Å². The third-order valence-electron chi connectivity index (χ3n) is 5.66. The van der Waals surface area contributed by atoms with Gasteiger partial charge in [0.15, 0.2) is 5.96 Å². The number of amides is 1. The van der Waals surface area contributed by atoms with E-state index < -0.39 is 5.54 Å². The van der Waals surface area contributed by atoms with Crippen LogP contribution in [0.5, 0.6) is 0 Å². The molecule has 0 aliphatic carbocycles. The topological polar surface area (TPSA) is 98.6 Å². The maximum absolute atomic E-state index is 11.3. The molecular weight excluding hydrogens is 432 g/mol. The average molecular weight is 461 g/mol. The maximum Gasteiger partial charge on any atom is 0.216 e. The molecule has 0 saturated carbocycles. The molecule has 0 radical (unpaired) electrons. The van der Waals surface area contributed by atoms with E-state index in [9.17, 15) is 10.1 Å². The van der Waals surface area contributed by atoms with E-state index in [0.29, 0.717) is 24.9 Å². The van der Waals surface area contributed by atoms with Crippen LogP contribution >= 0.6 is 11.3 Å². The van der Waals surface area contributed by atoms with Gasteiger partial charge in [-0.2, -0.15) is 5.26 Å². The van der Waals surface area contributed by atoms with E-state index in [1.807, 2.05) is 44.3 Å². The number of nitriles is 1. The van der Waals surface area contributed by atoms with Crippen molar-refractivity contribution in [1.82, 2.24) is 9.88 Å². The number of aryl methyl sites for hydroxylation is 1. The Morgan fingerprint density at radius 2 is 2.06 bits per heavy atom. The first-order chi connectivity index (χ1) is 15.8. The van der Waals surface area contributed by atoms with Gasteiger partial charge in [0.1, 0.15) is 11.4 Å². The van der Waals surface area contributed by atoms with E-state index in [1.165, 1.54) is 4.90 Å². The lowest BCUT2D eigenvalue weighted by Crippen LogP contribution is -2.42. The number of hydrogen-bond donors (Lipinski definition) is 1. The van der Waals surface area contributed by atoms with Crippen LogP contribution in [0.25, 0.3) is 11.1 Å². The van der Waals surface area contributed by atoms with Crippen molar-refractivity contribution in [2.24, 2.45) is 10.7 Å². The van der Waals surface area contributed by atoms with E-state index in [-0.39, 0.29) is 5.96 Å². The van der Waals surface area contributed by atoms with Crippen molar-refractivity contribution < 1.29 is 4.79 Å². The first kappa shape index (κ1) is 24.0. The minimum atomic E-state index is -0.699. The summed E-state index contributed by atoms with van der Waals surface area (Å²) in [7, 11) is 3.58. The predicted molar refractivity (Wildman–Crippen MR) is 134 cm³/mol. The van der Waals surface area contributed by atoms with Crippen LogP contribution in [0.2, 0.25) is 0 Å². The Balaban J connectivity index is 2.09. The van der Waals surface area contributed by atoms with Gasteiger partial charge in [0, 0.05) is 31.7 Å². The summed E-state index contributed by atoms with van der Waals surface area (Å²) in [6, 6.07) is 15.8. The van der Waals surface area contributed by atoms with Crippen LogP contribution in [-0.2, 0) is 10.3 Å². The van der Waals surface area contributed by atoms with Crippen molar-refractivity contribution in [1.29, 1.82) is 5.26 Å². The van der Waals surface area contributed by atoms with Crippen LogP contribution in [0.4, 0.5) is 5.82 Å². The number of hydrogen-bond acceptors (Lipinski definition) is 6. The number of anilines is 1. The average Bonchev–Trinajstić information content (AvgIpc) is 3.34. The zero-order valence-electron chi connectivity index (χ0n) is 19.3. The fourth-order valence-electron chi connectivity index (χ4n) is 3.73. The Bertz CT molecular complexity index is 1200. The molecule has 1 amide bonds. The van der Waals surface area contributed by atoms with Gasteiger partial charge in [-0.1, -0.05) is 25.1 Å². The summed E-state index contributed by atoms with van der Waals surface area (Å²) < 4.78 is 0. The number of rotatable bonds is 8. The number of nitrogens with zero attached hydrogens (tertiary/aromatic N) is 5. The molecule has 7 nitrogen and oxygen atoms in total. The maximum atomic E-state index is 11.3. The molecule has 1 aromatic carbocycles. The first-order valence-corrected chi connectivity index (χ1v) is 11.5. The Morgan fingerprint density at radius 3 is 2.73 bits per heavy atom. The van der Waals surface area contributed by atoms with Crippen LogP contribution in [0, 0.1) is 18.3 Å². The van der Waals surface area contributed by atoms with Gasteiger partial charge in [0.2, 0.25) is 6.41 Å². The van der Waals surface area contributed by atoms with Gasteiger partial charge in [0.25, 0.3) is 0 Å². The fraction of sp³-hybridized carbons (Fsp3) is 0.280. The highest BCUT2D eigenvalue weighted by atomic mass is 32.1. The molecule has 33 heavy (non-hydrogen) atoms. The second-order valence-corrected chi connectivity index (χ2v) is 8.87. The number of benzene rings is 1.